The molecular formula is C20H22N2O4S. The highest BCUT2D eigenvalue weighted by atomic mass is 32.2. The lowest BCUT2D eigenvalue weighted by molar-refractivity contribution is 0.258. The Hall–Kier alpha value is -2.64. The molecule has 0 aliphatic rings. The van der Waals surface area contributed by atoms with Crippen molar-refractivity contribution >= 4 is 10.0 Å². The van der Waals surface area contributed by atoms with Gasteiger partial charge < -0.3 is 9.84 Å². The fourth-order valence-electron chi connectivity index (χ4n) is 2.81. The van der Waals surface area contributed by atoms with E-state index in [9.17, 15) is 13.5 Å². The second kappa shape index (κ2) is 7.94. The minimum absolute atomic E-state index is 0.0265. The SMILES string of the molecule is CCS(=O)(=O)n1cc(-c2cc(C)c(OCc3ccccc3)c(CO)c2)cn1. The zero-order valence-electron chi connectivity index (χ0n) is 15.3. The summed E-state index contributed by atoms with van der Waals surface area (Å²) in [6, 6.07) is 13.5. The normalized spacial score (nSPS) is 11.5. The van der Waals surface area contributed by atoms with E-state index in [1.165, 1.54) is 12.4 Å². The first-order valence-corrected chi connectivity index (χ1v) is 10.2. The summed E-state index contributed by atoms with van der Waals surface area (Å²) < 4.78 is 30.8. The van der Waals surface area contributed by atoms with Crippen molar-refractivity contribution < 1.29 is 18.3 Å². The molecule has 0 unspecified atom stereocenters. The van der Waals surface area contributed by atoms with Gasteiger partial charge in [0.2, 0.25) is 0 Å². The summed E-state index contributed by atoms with van der Waals surface area (Å²) >= 11 is 0. The average Bonchev–Trinajstić information content (AvgIpc) is 3.18. The maximum Gasteiger partial charge on any atom is 0.253 e. The van der Waals surface area contributed by atoms with E-state index in [0.717, 1.165) is 20.8 Å². The number of hydrogen-bond acceptors (Lipinski definition) is 5. The lowest BCUT2D eigenvalue weighted by Crippen LogP contribution is -2.14. The minimum Gasteiger partial charge on any atom is -0.488 e. The zero-order chi connectivity index (χ0) is 19.4. The Kier molecular flexibility index (Phi) is 5.62. The molecule has 6 nitrogen and oxygen atoms in total. The maximum atomic E-state index is 12.0. The molecule has 1 aromatic heterocycles. The standard InChI is InChI=1S/C20H22N2O4S/c1-3-27(24,25)22-12-19(11-21-22)17-9-15(2)20(18(10-17)13-23)26-14-16-7-5-4-6-8-16/h4-12,23H,3,13-14H2,1-2H3. The summed E-state index contributed by atoms with van der Waals surface area (Å²) in [5.74, 6) is 0.611. The fraction of sp³-hybridized carbons (Fsp3) is 0.250. The molecule has 0 aliphatic heterocycles. The molecule has 0 amide bonds. The summed E-state index contributed by atoms with van der Waals surface area (Å²) in [4.78, 5) is 0. The van der Waals surface area contributed by atoms with Gasteiger partial charge in [0, 0.05) is 11.1 Å². The molecule has 142 valence electrons. The van der Waals surface area contributed by atoms with Crippen LogP contribution in [0.5, 0.6) is 5.75 Å². The van der Waals surface area contributed by atoms with Gasteiger partial charge in [-0.15, -0.1) is 0 Å². The molecule has 0 atom stereocenters. The molecule has 2 aromatic carbocycles. The van der Waals surface area contributed by atoms with Crippen molar-refractivity contribution in [3.63, 3.8) is 0 Å². The van der Waals surface area contributed by atoms with E-state index in [1.807, 2.05) is 43.3 Å². The van der Waals surface area contributed by atoms with Crippen LogP contribution in [0.1, 0.15) is 23.6 Å². The van der Waals surface area contributed by atoms with Gasteiger partial charge in [-0.2, -0.15) is 9.19 Å². The van der Waals surface area contributed by atoms with Crippen LogP contribution < -0.4 is 4.74 Å². The highest BCUT2D eigenvalue weighted by Gasteiger charge is 2.15. The number of rotatable bonds is 7. The third-order valence-electron chi connectivity index (χ3n) is 4.29. The second-order valence-electron chi connectivity index (χ2n) is 6.22. The van der Waals surface area contributed by atoms with Gasteiger partial charge in [0.15, 0.2) is 0 Å². The van der Waals surface area contributed by atoms with E-state index in [-0.39, 0.29) is 12.4 Å². The van der Waals surface area contributed by atoms with Gasteiger partial charge in [-0.05, 0) is 42.7 Å². The molecule has 27 heavy (non-hydrogen) atoms. The van der Waals surface area contributed by atoms with Crippen molar-refractivity contribution in [2.75, 3.05) is 5.75 Å². The Morgan fingerprint density at radius 3 is 2.56 bits per heavy atom. The van der Waals surface area contributed by atoms with Gasteiger partial charge in [0.05, 0.1) is 24.8 Å². The van der Waals surface area contributed by atoms with Crippen molar-refractivity contribution in [3.8, 4) is 16.9 Å². The molecule has 0 saturated carbocycles. The molecule has 1 N–H and O–H groups in total. The summed E-state index contributed by atoms with van der Waals surface area (Å²) in [5, 5.41) is 13.7. The van der Waals surface area contributed by atoms with Gasteiger partial charge >= 0.3 is 0 Å². The third-order valence-corrected chi connectivity index (χ3v) is 5.79. The number of aromatic nitrogens is 2. The molecule has 0 aliphatic carbocycles. The predicted molar refractivity (Wildman–Crippen MR) is 104 cm³/mol. The van der Waals surface area contributed by atoms with Crippen LogP contribution in [0.4, 0.5) is 0 Å². The summed E-state index contributed by atoms with van der Waals surface area (Å²) in [7, 11) is -3.43. The molecule has 0 spiro atoms. The van der Waals surface area contributed by atoms with E-state index < -0.39 is 10.0 Å². The molecule has 3 aromatic rings. The number of aryl methyl sites for hydroxylation is 1. The first-order chi connectivity index (χ1) is 12.9. The van der Waals surface area contributed by atoms with Crippen LogP contribution in [0, 0.1) is 6.92 Å². The van der Waals surface area contributed by atoms with Gasteiger partial charge in [-0.25, -0.2) is 8.42 Å². The number of benzene rings is 2. The highest BCUT2D eigenvalue weighted by molar-refractivity contribution is 7.89. The molecule has 0 bridgehead atoms. The molecular weight excluding hydrogens is 364 g/mol. The van der Waals surface area contributed by atoms with Crippen LogP contribution in [-0.4, -0.2) is 28.5 Å². The smallest absolute Gasteiger partial charge is 0.253 e. The summed E-state index contributed by atoms with van der Waals surface area (Å²) in [5.41, 5.74) is 3.99. The Morgan fingerprint density at radius 2 is 1.89 bits per heavy atom. The van der Waals surface area contributed by atoms with Gasteiger partial charge in [0.1, 0.15) is 12.4 Å². The molecule has 0 fully saturated rings. The number of aliphatic hydroxyl groups excluding tert-OH is 1. The van der Waals surface area contributed by atoms with Crippen LogP contribution in [0.15, 0.2) is 54.9 Å². The number of ether oxygens (including phenoxy) is 1. The highest BCUT2D eigenvalue weighted by Crippen LogP contribution is 2.31. The maximum absolute atomic E-state index is 12.0. The first-order valence-electron chi connectivity index (χ1n) is 8.64. The lowest BCUT2D eigenvalue weighted by Gasteiger charge is -2.15. The second-order valence-corrected chi connectivity index (χ2v) is 8.33. The van der Waals surface area contributed by atoms with Crippen molar-refractivity contribution in [1.82, 2.24) is 9.19 Å². The number of nitrogens with zero attached hydrogens (tertiary/aromatic N) is 2. The van der Waals surface area contributed by atoms with Crippen LogP contribution >= 0.6 is 0 Å². The van der Waals surface area contributed by atoms with E-state index >= 15 is 0 Å². The zero-order valence-corrected chi connectivity index (χ0v) is 16.1. The van der Waals surface area contributed by atoms with Crippen LogP contribution in [0.2, 0.25) is 0 Å². The van der Waals surface area contributed by atoms with Crippen LogP contribution in [0.25, 0.3) is 11.1 Å². The molecule has 7 heteroatoms. The van der Waals surface area contributed by atoms with E-state index in [4.69, 9.17) is 4.74 Å². The Balaban J connectivity index is 1.90. The van der Waals surface area contributed by atoms with Crippen molar-refractivity contribution in [2.45, 2.75) is 27.1 Å². The van der Waals surface area contributed by atoms with Crippen molar-refractivity contribution in [2.24, 2.45) is 0 Å². The van der Waals surface area contributed by atoms with Crippen LogP contribution in [-0.2, 0) is 23.2 Å². The first kappa shape index (κ1) is 19.1. The summed E-state index contributed by atoms with van der Waals surface area (Å²) in [6.45, 7) is 3.70. The van der Waals surface area contributed by atoms with E-state index in [1.54, 1.807) is 13.0 Å². The van der Waals surface area contributed by atoms with Crippen LogP contribution in [0.3, 0.4) is 0 Å². The Morgan fingerprint density at radius 1 is 1.15 bits per heavy atom. The van der Waals surface area contributed by atoms with Crippen molar-refractivity contribution in [1.29, 1.82) is 0 Å². The quantitative estimate of drug-likeness (QED) is 0.675. The Labute approximate surface area is 159 Å². The Bertz CT molecular complexity index is 1030. The molecule has 0 radical (unpaired) electrons. The summed E-state index contributed by atoms with van der Waals surface area (Å²) in [6.07, 6.45) is 2.99. The molecule has 1 heterocycles. The van der Waals surface area contributed by atoms with Gasteiger partial charge in [-0.3, -0.25) is 0 Å². The van der Waals surface area contributed by atoms with Gasteiger partial charge in [-0.1, -0.05) is 30.3 Å². The predicted octanol–water partition coefficient (Wildman–Crippen LogP) is 3.13. The fourth-order valence-corrected chi connectivity index (χ4v) is 3.54. The van der Waals surface area contributed by atoms with Crippen molar-refractivity contribution in [3.05, 3.63) is 71.5 Å². The largest absolute Gasteiger partial charge is 0.488 e. The van der Waals surface area contributed by atoms with E-state index in [2.05, 4.69) is 5.10 Å². The van der Waals surface area contributed by atoms with Gasteiger partial charge in [0.25, 0.3) is 10.0 Å². The number of hydrogen-bond donors (Lipinski definition) is 1. The molecule has 3 rings (SSSR count). The topological polar surface area (TPSA) is 81.4 Å². The minimum atomic E-state index is -3.43. The monoisotopic (exact) mass is 386 g/mol. The number of aliphatic hydroxyl groups is 1. The third kappa shape index (κ3) is 4.20. The van der Waals surface area contributed by atoms with E-state index in [0.29, 0.717) is 23.5 Å². The average molecular weight is 386 g/mol. The molecule has 0 saturated heterocycles. The lowest BCUT2D eigenvalue weighted by atomic mass is 10.0.